The average molecular weight is 357 g/mol. The number of amides is 2. The van der Waals surface area contributed by atoms with Crippen molar-refractivity contribution in [1.29, 1.82) is 0 Å². The number of piperidine rings is 1. The Morgan fingerprint density at radius 3 is 2.19 bits per heavy atom. The van der Waals surface area contributed by atoms with Gasteiger partial charge in [0, 0.05) is 57.4 Å². The Morgan fingerprint density at radius 1 is 1.00 bits per heavy atom. The number of likely N-dealkylation sites (tertiary alicyclic amines) is 2. The van der Waals surface area contributed by atoms with Crippen molar-refractivity contribution in [2.75, 3.05) is 44.7 Å². The number of benzene rings is 1. The number of nitrogens with zero attached hydrogens (tertiary/aromatic N) is 3. The maximum absolute atomic E-state index is 12.7. The molecule has 5 heteroatoms. The van der Waals surface area contributed by atoms with E-state index in [1.807, 2.05) is 41.1 Å². The molecule has 142 valence electrons. The summed E-state index contributed by atoms with van der Waals surface area (Å²) in [5, 5.41) is 0. The molecule has 1 aromatic rings. The third-order valence-electron chi connectivity index (χ3n) is 5.85. The maximum atomic E-state index is 12.7. The van der Waals surface area contributed by atoms with Crippen molar-refractivity contribution in [3.05, 3.63) is 29.8 Å². The quantitative estimate of drug-likeness (QED) is 0.814. The molecular formula is C21H31N3O2. The fourth-order valence-corrected chi connectivity index (χ4v) is 3.91. The van der Waals surface area contributed by atoms with Crippen LogP contribution in [0.2, 0.25) is 0 Å². The second kappa shape index (κ2) is 8.56. The number of carbonyl (C=O) groups is 2. The van der Waals surface area contributed by atoms with Crippen molar-refractivity contribution in [3.8, 4) is 0 Å². The molecule has 2 fully saturated rings. The van der Waals surface area contributed by atoms with Crippen LogP contribution in [0.3, 0.4) is 0 Å². The van der Waals surface area contributed by atoms with Gasteiger partial charge < -0.3 is 14.7 Å². The fraction of sp³-hybridized carbons (Fsp3) is 0.619. The van der Waals surface area contributed by atoms with Gasteiger partial charge in [0.25, 0.3) is 5.91 Å². The molecule has 0 saturated carbocycles. The first-order valence-corrected chi connectivity index (χ1v) is 9.96. The summed E-state index contributed by atoms with van der Waals surface area (Å²) in [4.78, 5) is 31.1. The molecule has 0 aliphatic carbocycles. The topological polar surface area (TPSA) is 43.9 Å². The molecule has 0 aromatic heterocycles. The van der Waals surface area contributed by atoms with Gasteiger partial charge >= 0.3 is 0 Å². The van der Waals surface area contributed by atoms with Crippen LogP contribution in [0.1, 0.15) is 49.4 Å². The molecule has 5 nitrogen and oxygen atoms in total. The van der Waals surface area contributed by atoms with Crippen molar-refractivity contribution in [2.45, 2.75) is 39.0 Å². The normalized spacial score (nSPS) is 18.2. The summed E-state index contributed by atoms with van der Waals surface area (Å²) in [5.41, 5.74) is 1.88. The number of carbonyl (C=O) groups excluding carboxylic acids is 2. The zero-order chi connectivity index (χ0) is 18.5. The summed E-state index contributed by atoms with van der Waals surface area (Å²) in [5.74, 6) is 0.843. The molecule has 1 aromatic carbocycles. The molecular weight excluding hydrogens is 326 g/mol. The highest BCUT2D eigenvalue weighted by molar-refractivity contribution is 5.94. The summed E-state index contributed by atoms with van der Waals surface area (Å²) in [6.07, 6.45) is 4.81. The summed E-state index contributed by atoms with van der Waals surface area (Å²) in [7, 11) is 2.05. The Hall–Kier alpha value is -2.04. The fourth-order valence-electron chi connectivity index (χ4n) is 3.91. The lowest BCUT2D eigenvalue weighted by Crippen LogP contribution is -2.40. The molecule has 2 aliphatic rings. The first-order valence-electron chi connectivity index (χ1n) is 9.96. The van der Waals surface area contributed by atoms with E-state index in [-0.39, 0.29) is 5.91 Å². The monoisotopic (exact) mass is 357 g/mol. The molecule has 3 rings (SSSR count). The van der Waals surface area contributed by atoms with Gasteiger partial charge in [0.15, 0.2) is 0 Å². The number of rotatable bonds is 5. The van der Waals surface area contributed by atoms with Crippen LogP contribution >= 0.6 is 0 Å². The minimum Gasteiger partial charge on any atom is -0.375 e. The Morgan fingerprint density at radius 2 is 1.62 bits per heavy atom. The third kappa shape index (κ3) is 4.37. The van der Waals surface area contributed by atoms with E-state index in [0.29, 0.717) is 18.2 Å². The third-order valence-corrected chi connectivity index (χ3v) is 5.85. The Bertz CT molecular complexity index is 615. The predicted octanol–water partition coefficient (Wildman–Crippen LogP) is 3.01. The molecule has 2 heterocycles. The molecule has 26 heavy (non-hydrogen) atoms. The van der Waals surface area contributed by atoms with Crippen LogP contribution in [0.25, 0.3) is 0 Å². The predicted molar refractivity (Wildman–Crippen MR) is 104 cm³/mol. The molecule has 2 amide bonds. The van der Waals surface area contributed by atoms with Gasteiger partial charge in [-0.2, -0.15) is 0 Å². The number of hydrogen-bond donors (Lipinski definition) is 0. The van der Waals surface area contributed by atoms with Crippen LogP contribution in [0.5, 0.6) is 0 Å². The molecule has 2 saturated heterocycles. The largest absolute Gasteiger partial charge is 0.375 e. The van der Waals surface area contributed by atoms with Crippen LogP contribution < -0.4 is 4.90 Å². The van der Waals surface area contributed by atoms with Crippen LogP contribution in [-0.2, 0) is 4.79 Å². The van der Waals surface area contributed by atoms with E-state index in [0.717, 1.165) is 69.7 Å². The number of hydrogen-bond acceptors (Lipinski definition) is 3. The summed E-state index contributed by atoms with van der Waals surface area (Å²) >= 11 is 0. The standard InChI is InChI=1S/C21H31N3O2/c1-3-22(2)19-8-6-18(7-9-19)21(26)24-14-10-17(11-15-24)16-20(25)23-12-4-5-13-23/h6-9,17H,3-5,10-16H2,1-2H3. The summed E-state index contributed by atoms with van der Waals surface area (Å²) in [6.45, 7) is 6.42. The lowest BCUT2D eigenvalue weighted by atomic mass is 9.92. The minimum absolute atomic E-state index is 0.111. The van der Waals surface area contributed by atoms with E-state index in [4.69, 9.17) is 0 Å². The van der Waals surface area contributed by atoms with Gasteiger partial charge in [-0.3, -0.25) is 9.59 Å². The van der Waals surface area contributed by atoms with Crippen molar-refractivity contribution < 1.29 is 9.59 Å². The minimum atomic E-state index is 0.111. The van der Waals surface area contributed by atoms with Crippen LogP contribution in [0.4, 0.5) is 5.69 Å². The van der Waals surface area contributed by atoms with E-state index in [9.17, 15) is 9.59 Å². The highest BCUT2D eigenvalue weighted by Gasteiger charge is 2.27. The SMILES string of the molecule is CCN(C)c1ccc(C(=O)N2CCC(CC(=O)N3CCCC3)CC2)cc1. The summed E-state index contributed by atoms with van der Waals surface area (Å²) in [6, 6.07) is 7.87. The summed E-state index contributed by atoms with van der Waals surface area (Å²) < 4.78 is 0. The van der Waals surface area contributed by atoms with Crippen molar-refractivity contribution >= 4 is 17.5 Å². The molecule has 0 spiro atoms. The van der Waals surface area contributed by atoms with Gasteiger partial charge in [-0.25, -0.2) is 0 Å². The van der Waals surface area contributed by atoms with E-state index in [1.54, 1.807) is 0 Å². The zero-order valence-electron chi connectivity index (χ0n) is 16.1. The van der Waals surface area contributed by atoms with Crippen molar-refractivity contribution in [3.63, 3.8) is 0 Å². The lowest BCUT2D eigenvalue weighted by molar-refractivity contribution is -0.131. The highest BCUT2D eigenvalue weighted by Crippen LogP contribution is 2.24. The molecule has 0 atom stereocenters. The lowest BCUT2D eigenvalue weighted by Gasteiger charge is -2.32. The number of anilines is 1. The second-order valence-corrected chi connectivity index (χ2v) is 7.59. The van der Waals surface area contributed by atoms with E-state index >= 15 is 0 Å². The van der Waals surface area contributed by atoms with Gasteiger partial charge in [0.1, 0.15) is 0 Å². The van der Waals surface area contributed by atoms with Crippen LogP contribution in [-0.4, -0.2) is 61.4 Å². The molecule has 0 bridgehead atoms. The Labute approximate surface area is 156 Å². The molecule has 2 aliphatic heterocycles. The van der Waals surface area contributed by atoms with Crippen LogP contribution in [0.15, 0.2) is 24.3 Å². The molecule has 0 N–H and O–H groups in total. The Balaban J connectivity index is 1.49. The van der Waals surface area contributed by atoms with Gasteiger partial charge in [0.05, 0.1) is 0 Å². The van der Waals surface area contributed by atoms with E-state index in [2.05, 4.69) is 11.8 Å². The first-order chi connectivity index (χ1) is 12.6. The maximum Gasteiger partial charge on any atom is 0.253 e. The Kier molecular flexibility index (Phi) is 6.17. The van der Waals surface area contributed by atoms with E-state index < -0.39 is 0 Å². The average Bonchev–Trinajstić information content (AvgIpc) is 3.22. The molecule has 0 unspecified atom stereocenters. The van der Waals surface area contributed by atoms with Crippen LogP contribution in [0, 0.1) is 5.92 Å². The van der Waals surface area contributed by atoms with Gasteiger partial charge in [-0.1, -0.05) is 0 Å². The second-order valence-electron chi connectivity index (χ2n) is 7.59. The van der Waals surface area contributed by atoms with E-state index in [1.165, 1.54) is 0 Å². The van der Waals surface area contributed by atoms with Gasteiger partial charge in [0.2, 0.25) is 5.91 Å². The van der Waals surface area contributed by atoms with Crippen molar-refractivity contribution in [2.24, 2.45) is 5.92 Å². The zero-order valence-corrected chi connectivity index (χ0v) is 16.1. The van der Waals surface area contributed by atoms with Gasteiger partial charge in [-0.15, -0.1) is 0 Å². The molecule has 0 radical (unpaired) electrons. The highest BCUT2D eigenvalue weighted by atomic mass is 16.2. The van der Waals surface area contributed by atoms with Crippen molar-refractivity contribution in [1.82, 2.24) is 9.80 Å². The van der Waals surface area contributed by atoms with Gasteiger partial charge in [-0.05, 0) is 62.8 Å². The first kappa shape index (κ1) is 18.7. The smallest absolute Gasteiger partial charge is 0.253 e.